The van der Waals surface area contributed by atoms with Gasteiger partial charge in [-0.25, -0.2) is 0 Å². The first-order valence-corrected chi connectivity index (χ1v) is 8.10. The predicted molar refractivity (Wildman–Crippen MR) is 84.6 cm³/mol. The van der Waals surface area contributed by atoms with E-state index in [2.05, 4.69) is 30.8 Å². The number of aryl methyl sites for hydroxylation is 1. The summed E-state index contributed by atoms with van der Waals surface area (Å²) in [6.07, 6.45) is -2.43. The van der Waals surface area contributed by atoms with Crippen LogP contribution in [0.4, 0.5) is 13.2 Å². The molecule has 0 bridgehead atoms. The highest BCUT2D eigenvalue weighted by molar-refractivity contribution is 5.95. The van der Waals surface area contributed by atoms with Crippen molar-refractivity contribution >= 4 is 5.91 Å². The van der Waals surface area contributed by atoms with Gasteiger partial charge in [-0.3, -0.25) is 14.4 Å². The number of rotatable bonds is 3. The Bertz CT molecular complexity index is 581. The smallest absolute Gasteiger partial charge is 0.336 e. The molecule has 0 atom stereocenters. The van der Waals surface area contributed by atoms with Crippen molar-refractivity contribution in [1.82, 2.24) is 19.6 Å². The molecule has 0 aromatic carbocycles. The Morgan fingerprint density at radius 1 is 1.17 bits per heavy atom. The van der Waals surface area contributed by atoms with Crippen LogP contribution in [0.15, 0.2) is 6.20 Å². The molecular formula is C16H25F3N4O. The average molecular weight is 346 g/mol. The van der Waals surface area contributed by atoms with Crippen molar-refractivity contribution in [2.45, 2.75) is 33.4 Å². The maximum absolute atomic E-state index is 13.0. The van der Waals surface area contributed by atoms with Gasteiger partial charge in [0.2, 0.25) is 0 Å². The molecule has 0 unspecified atom stereocenters. The number of piperazine rings is 1. The zero-order chi connectivity index (χ0) is 18.1. The number of aromatic nitrogens is 2. The summed E-state index contributed by atoms with van der Waals surface area (Å²) in [5, 5.41) is 3.40. The first-order valence-electron chi connectivity index (χ1n) is 8.10. The monoisotopic (exact) mass is 346 g/mol. The van der Waals surface area contributed by atoms with Crippen molar-refractivity contribution in [3.63, 3.8) is 0 Å². The summed E-state index contributed by atoms with van der Waals surface area (Å²) in [5.41, 5.74) is -1.23. The van der Waals surface area contributed by atoms with Crippen molar-refractivity contribution in [1.29, 1.82) is 0 Å². The molecule has 1 aromatic rings. The second-order valence-corrected chi connectivity index (χ2v) is 7.51. The molecule has 1 aliphatic heterocycles. The van der Waals surface area contributed by atoms with E-state index in [1.807, 2.05) is 0 Å². The summed E-state index contributed by atoms with van der Waals surface area (Å²) in [6, 6.07) is 0. The fraction of sp³-hybridized carbons (Fsp3) is 0.750. The summed E-state index contributed by atoms with van der Waals surface area (Å²) in [7, 11) is 1.39. The van der Waals surface area contributed by atoms with Crippen LogP contribution in [0.1, 0.15) is 43.2 Å². The Kier molecular flexibility index (Phi) is 5.27. The van der Waals surface area contributed by atoms with Gasteiger partial charge in [-0.2, -0.15) is 18.3 Å². The van der Waals surface area contributed by atoms with Gasteiger partial charge in [0.15, 0.2) is 5.69 Å². The number of carbonyl (C=O) groups is 1. The second kappa shape index (κ2) is 6.74. The van der Waals surface area contributed by atoms with Crippen LogP contribution in [0.5, 0.6) is 0 Å². The van der Waals surface area contributed by atoms with Crippen LogP contribution < -0.4 is 0 Å². The minimum Gasteiger partial charge on any atom is -0.336 e. The molecule has 0 spiro atoms. The lowest BCUT2D eigenvalue weighted by atomic mass is 9.92. The highest BCUT2D eigenvalue weighted by atomic mass is 19.4. The number of nitrogens with zero attached hydrogens (tertiary/aromatic N) is 4. The first kappa shape index (κ1) is 18.8. The molecule has 136 valence electrons. The van der Waals surface area contributed by atoms with Crippen LogP contribution in [0.3, 0.4) is 0 Å². The largest absolute Gasteiger partial charge is 0.435 e. The van der Waals surface area contributed by atoms with Crippen LogP contribution in [-0.4, -0.2) is 58.2 Å². The number of hydrogen-bond acceptors (Lipinski definition) is 3. The highest BCUT2D eigenvalue weighted by Gasteiger charge is 2.40. The SMILES string of the molecule is Cn1cc(C(=O)N2CCN(CCC(C)(C)C)CC2)c(C(F)(F)F)n1. The molecule has 24 heavy (non-hydrogen) atoms. The molecule has 1 amide bonds. The summed E-state index contributed by atoms with van der Waals surface area (Å²) in [5.74, 6) is -0.592. The van der Waals surface area contributed by atoms with Gasteiger partial charge in [0.1, 0.15) is 0 Å². The van der Waals surface area contributed by atoms with E-state index < -0.39 is 17.8 Å². The molecule has 0 N–H and O–H groups in total. The number of alkyl halides is 3. The molecule has 8 heteroatoms. The third-order valence-electron chi connectivity index (χ3n) is 4.17. The minimum atomic E-state index is -4.62. The number of carbonyl (C=O) groups excluding carboxylic acids is 1. The number of amides is 1. The van der Waals surface area contributed by atoms with Gasteiger partial charge < -0.3 is 4.90 Å². The standard InChI is InChI=1S/C16H25F3N4O/c1-15(2,3)5-6-22-7-9-23(10-8-22)14(24)12-11-21(4)20-13(12)16(17,18)19/h11H,5-10H2,1-4H3. The molecule has 5 nitrogen and oxygen atoms in total. The molecule has 2 rings (SSSR count). The third-order valence-corrected chi connectivity index (χ3v) is 4.17. The maximum atomic E-state index is 13.0. The Morgan fingerprint density at radius 2 is 1.75 bits per heavy atom. The van der Waals surface area contributed by atoms with Gasteiger partial charge in [-0.15, -0.1) is 0 Å². The lowest BCUT2D eigenvalue weighted by molar-refractivity contribution is -0.141. The lowest BCUT2D eigenvalue weighted by Gasteiger charge is -2.36. The van der Waals surface area contributed by atoms with Crippen LogP contribution in [0, 0.1) is 5.41 Å². The molecule has 1 aliphatic rings. The summed E-state index contributed by atoms with van der Waals surface area (Å²) in [4.78, 5) is 16.2. The van der Waals surface area contributed by atoms with Crippen molar-refractivity contribution < 1.29 is 18.0 Å². The van der Waals surface area contributed by atoms with Gasteiger partial charge in [0.05, 0.1) is 5.56 Å². The predicted octanol–water partition coefficient (Wildman–Crippen LogP) is 2.63. The van der Waals surface area contributed by atoms with E-state index in [1.54, 1.807) is 0 Å². The fourth-order valence-electron chi connectivity index (χ4n) is 2.69. The van der Waals surface area contributed by atoms with E-state index in [0.717, 1.165) is 23.8 Å². The first-order chi connectivity index (χ1) is 11.0. The van der Waals surface area contributed by atoms with Gasteiger partial charge in [0.25, 0.3) is 5.91 Å². The van der Waals surface area contributed by atoms with E-state index in [9.17, 15) is 18.0 Å². The van der Waals surface area contributed by atoms with Gasteiger partial charge in [0, 0.05) is 39.4 Å². The van der Waals surface area contributed by atoms with Gasteiger partial charge in [-0.1, -0.05) is 20.8 Å². The van der Waals surface area contributed by atoms with E-state index in [0.29, 0.717) is 26.2 Å². The Hall–Kier alpha value is -1.57. The lowest BCUT2D eigenvalue weighted by Crippen LogP contribution is -2.49. The third kappa shape index (κ3) is 4.72. The number of halogens is 3. The van der Waals surface area contributed by atoms with Crippen molar-refractivity contribution in [3.8, 4) is 0 Å². The molecule has 1 aromatic heterocycles. The van der Waals surface area contributed by atoms with Gasteiger partial charge in [-0.05, 0) is 18.4 Å². The van der Waals surface area contributed by atoms with Crippen molar-refractivity contribution in [2.75, 3.05) is 32.7 Å². The topological polar surface area (TPSA) is 41.4 Å². The van der Waals surface area contributed by atoms with Gasteiger partial charge >= 0.3 is 6.18 Å². The molecule has 1 fully saturated rings. The van der Waals surface area contributed by atoms with E-state index >= 15 is 0 Å². The Morgan fingerprint density at radius 3 is 2.25 bits per heavy atom. The summed E-state index contributed by atoms with van der Waals surface area (Å²) < 4.78 is 40.1. The van der Waals surface area contributed by atoms with Crippen molar-refractivity contribution in [3.05, 3.63) is 17.5 Å². The van der Waals surface area contributed by atoms with E-state index in [-0.39, 0.29) is 11.0 Å². The van der Waals surface area contributed by atoms with Crippen LogP contribution >= 0.6 is 0 Å². The molecular weight excluding hydrogens is 321 g/mol. The summed E-state index contributed by atoms with van der Waals surface area (Å²) >= 11 is 0. The molecule has 0 radical (unpaired) electrons. The number of hydrogen-bond donors (Lipinski definition) is 0. The van der Waals surface area contributed by atoms with Crippen LogP contribution in [-0.2, 0) is 13.2 Å². The second-order valence-electron chi connectivity index (χ2n) is 7.51. The van der Waals surface area contributed by atoms with E-state index in [4.69, 9.17) is 0 Å². The maximum Gasteiger partial charge on any atom is 0.435 e. The van der Waals surface area contributed by atoms with Crippen LogP contribution in [0.2, 0.25) is 0 Å². The Balaban J connectivity index is 1.99. The molecule has 0 aliphatic carbocycles. The zero-order valence-electron chi connectivity index (χ0n) is 14.7. The quantitative estimate of drug-likeness (QED) is 0.845. The van der Waals surface area contributed by atoms with Crippen molar-refractivity contribution in [2.24, 2.45) is 12.5 Å². The van der Waals surface area contributed by atoms with E-state index in [1.165, 1.54) is 11.9 Å². The Labute approximate surface area is 140 Å². The normalized spacial score (nSPS) is 17.4. The zero-order valence-corrected chi connectivity index (χ0v) is 14.7. The summed E-state index contributed by atoms with van der Waals surface area (Å²) in [6.45, 7) is 9.71. The minimum absolute atomic E-state index is 0.240. The highest BCUT2D eigenvalue weighted by Crippen LogP contribution is 2.31. The average Bonchev–Trinajstić information content (AvgIpc) is 2.86. The molecule has 2 heterocycles. The van der Waals surface area contributed by atoms with Crippen LogP contribution in [0.25, 0.3) is 0 Å². The fourth-order valence-corrected chi connectivity index (χ4v) is 2.69. The molecule has 1 saturated heterocycles. The molecule has 0 saturated carbocycles.